The summed E-state index contributed by atoms with van der Waals surface area (Å²) < 4.78 is 40.3. The predicted molar refractivity (Wildman–Crippen MR) is 108 cm³/mol. The van der Waals surface area contributed by atoms with E-state index in [9.17, 15) is 18.0 Å². The molecule has 1 aliphatic heterocycles. The van der Waals surface area contributed by atoms with Crippen LogP contribution in [0.25, 0.3) is 10.2 Å². The van der Waals surface area contributed by atoms with Crippen LogP contribution in [0.4, 0.5) is 28.8 Å². The first-order valence-electron chi connectivity index (χ1n) is 9.24. The van der Waals surface area contributed by atoms with Crippen molar-refractivity contribution in [3.63, 3.8) is 0 Å². The summed E-state index contributed by atoms with van der Waals surface area (Å²) in [5.41, 5.74) is -0.138. The number of nitrogens with one attached hydrogen (secondary N) is 2. The molecule has 3 aromatic rings. The van der Waals surface area contributed by atoms with Crippen LogP contribution in [0, 0.1) is 0 Å². The average Bonchev–Trinajstić information content (AvgIpc) is 3.12. The highest BCUT2D eigenvalue weighted by Gasteiger charge is 2.33. The van der Waals surface area contributed by atoms with Gasteiger partial charge in [-0.15, -0.1) is 0 Å². The van der Waals surface area contributed by atoms with Crippen LogP contribution in [0.2, 0.25) is 0 Å². The molecule has 0 bridgehead atoms. The zero-order valence-electron chi connectivity index (χ0n) is 15.4. The highest BCUT2D eigenvalue weighted by molar-refractivity contribution is 7.22. The van der Waals surface area contributed by atoms with Gasteiger partial charge in [0.2, 0.25) is 0 Å². The summed E-state index contributed by atoms with van der Waals surface area (Å²) in [6.45, 7) is 1.45. The molecule has 5 nitrogen and oxygen atoms in total. The zero-order chi connectivity index (χ0) is 20.4. The van der Waals surface area contributed by atoms with Gasteiger partial charge in [0.15, 0.2) is 5.13 Å². The summed E-state index contributed by atoms with van der Waals surface area (Å²) in [6.07, 6.45) is -3.12. The minimum atomic E-state index is -4.52. The summed E-state index contributed by atoms with van der Waals surface area (Å²) in [6, 6.07) is 12.2. The molecule has 0 radical (unpaired) electrons. The van der Waals surface area contributed by atoms with Gasteiger partial charge in [0.1, 0.15) is 0 Å². The van der Waals surface area contributed by atoms with Crippen molar-refractivity contribution in [2.75, 3.05) is 23.3 Å². The molecule has 1 fully saturated rings. The van der Waals surface area contributed by atoms with Crippen molar-refractivity contribution in [3.05, 3.63) is 54.1 Å². The molecule has 4 rings (SSSR count). The van der Waals surface area contributed by atoms with Crippen molar-refractivity contribution >= 4 is 38.4 Å². The third-order valence-corrected chi connectivity index (χ3v) is 5.96. The quantitative estimate of drug-likeness (QED) is 0.619. The van der Waals surface area contributed by atoms with E-state index in [1.54, 1.807) is 11.3 Å². The maximum atomic E-state index is 13.1. The topological polar surface area (TPSA) is 57.3 Å². The standard InChI is InChI=1S/C20H19F3N4OS/c21-20(22,23)14-5-1-2-6-15(14)25-18(28)24-13-9-11-27(12-10-13)19-26-16-7-3-4-8-17(16)29-19/h1-8,13H,9-12H2,(H2,24,25,28). The van der Waals surface area contributed by atoms with E-state index in [1.807, 2.05) is 24.3 Å². The number of hydrogen-bond donors (Lipinski definition) is 2. The number of halogens is 3. The molecule has 0 unspecified atom stereocenters. The van der Waals surface area contributed by atoms with Crippen LogP contribution in [0.15, 0.2) is 48.5 Å². The van der Waals surface area contributed by atoms with Gasteiger partial charge in [-0.1, -0.05) is 35.6 Å². The van der Waals surface area contributed by atoms with E-state index in [0.29, 0.717) is 12.8 Å². The van der Waals surface area contributed by atoms with E-state index in [1.165, 1.54) is 18.2 Å². The normalized spacial score (nSPS) is 15.5. The van der Waals surface area contributed by atoms with Crippen LogP contribution in [0.5, 0.6) is 0 Å². The van der Waals surface area contributed by atoms with E-state index in [4.69, 9.17) is 0 Å². The van der Waals surface area contributed by atoms with Crippen LogP contribution < -0.4 is 15.5 Å². The smallest absolute Gasteiger partial charge is 0.348 e. The Kier molecular flexibility index (Phi) is 5.31. The molecule has 0 atom stereocenters. The Morgan fingerprint density at radius 1 is 1.07 bits per heavy atom. The Morgan fingerprint density at radius 3 is 2.48 bits per heavy atom. The predicted octanol–water partition coefficient (Wildman–Crippen LogP) is 5.11. The fourth-order valence-electron chi connectivity index (χ4n) is 3.39. The molecular formula is C20H19F3N4OS. The number of aromatic nitrogens is 1. The summed E-state index contributed by atoms with van der Waals surface area (Å²) in [7, 11) is 0. The van der Waals surface area contributed by atoms with Crippen molar-refractivity contribution in [2.24, 2.45) is 0 Å². The van der Waals surface area contributed by atoms with E-state index >= 15 is 0 Å². The van der Waals surface area contributed by atoms with Gasteiger partial charge in [0.05, 0.1) is 21.5 Å². The Bertz CT molecular complexity index is 979. The highest BCUT2D eigenvalue weighted by atomic mass is 32.1. The Morgan fingerprint density at radius 2 is 1.76 bits per heavy atom. The second-order valence-electron chi connectivity index (χ2n) is 6.87. The van der Waals surface area contributed by atoms with Crippen LogP contribution in [0.1, 0.15) is 18.4 Å². The number of piperidine rings is 1. The molecule has 2 N–H and O–H groups in total. The molecule has 29 heavy (non-hydrogen) atoms. The minimum Gasteiger partial charge on any atom is -0.348 e. The summed E-state index contributed by atoms with van der Waals surface area (Å²) >= 11 is 1.63. The van der Waals surface area contributed by atoms with Crippen molar-refractivity contribution in [1.82, 2.24) is 10.3 Å². The van der Waals surface area contributed by atoms with Crippen LogP contribution in [-0.2, 0) is 6.18 Å². The number of carbonyl (C=O) groups excluding carboxylic acids is 1. The molecule has 2 amide bonds. The summed E-state index contributed by atoms with van der Waals surface area (Å²) in [5, 5.41) is 6.07. The van der Waals surface area contributed by atoms with Crippen molar-refractivity contribution < 1.29 is 18.0 Å². The monoisotopic (exact) mass is 420 g/mol. The van der Waals surface area contributed by atoms with Gasteiger partial charge in [-0.05, 0) is 37.1 Å². The molecule has 1 aliphatic rings. The maximum Gasteiger partial charge on any atom is 0.418 e. The second-order valence-corrected chi connectivity index (χ2v) is 7.88. The number of alkyl halides is 3. The fraction of sp³-hybridized carbons (Fsp3) is 0.300. The molecule has 0 aliphatic carbocycles. The third-order valence-electron chi connectivity index (χ3n) is 4.86. The fourth-order valence-corrected chi connectivity index (χ4v) is 4.41. The number of rotatable bonds is 3. The molecule has 0 saturated carbocycles. The molecule has 2 aromatic carbocycles. The first-order valence-corrected chi connectivity index (χ1v) is 10.1. The lowest BCUT2D eigenvalue weighted by Crippen LogP contribution is -2.46. The van der Waals surface area contributed by atoms with Gasteiger partial charge in [-0.25, -0.2) is 9.78 Å². The number of fused-ring (bicyclic) bond motifs is 1. The van der Waals surface area contributed by atoms with Gasteiger partial charge in [0, 0.05) is 19.1 Å². The lowest BCUT2D eigenvalue weighted by Gasteiger charge is -2.32. The maximum absolute atomic E-state index is 13.1. The number of hydrogen-bond acceptors (Lipinski definition) is 4. The minimum absolute atomic E-state index is 0.0984. The molecule has 9 heteroatoms. The zero-order valence-corrected chi connectivity index (χ0v) is 16.2. The number of urea groups is 1. The third kappa shape index (κ3) is 4.45. The molecular weight excluding hydrogens is 401 g/mol. The summed E-state index contributed by atoms with van der Waals surface area (Å²) in [4.78, 5) is 19.0. The van der Waals surface area contributed by atoms with Gasteiger partial charge in [0.25, 0.3) is 0 Å². The molecule has 1 saturated heterocycles. The lowest BCUT2D eigenvalue weighted by atomic mass is 10.1. The van der Waals surface area contributed by atoms with E-state index < -0.39 is 17.8 Å². The van der Waals surface area contributed by atoms with Crippen molar-refractivity contribution in [1.29, 1.82) is 0 Å². The van der Waals surface area contributed by atoms with E-state index in [0.717, 1.165) is 34.5 Å². The van der Waals surface area contributed by atoms with Gasteiger partial charge < -0.3 is 15.5 Å². The largest absolute Gasteiger partial charge is 0.418 e. The second kappa shape index (κ2) is 7.90. The van der Waals surface area contributed by atoms with E-state index in [2.05, 4.69) is 20.5 Å². The average molecular weight is 420 g/mol. The van der Waals surface area contributed by atoms with Crippen LogP contribution >= 0.6 is 11.3 Å². The van der Waals surface area contributed by atoms with Gasteiger partial charge in [-0.3, -0.25) is 0 Å². The molecule has 152 valence electrons. The lowest BCUT2D eigenvalue weighted by molar-refractivity contribution is -0.136. The van der Waals surface area contributed by atoms with Crippen molar-refractivity contribution in [3.8, 4) is 0 Å². The Hall–Kier alpha value is -2.81. The summed E-state index contributed by atoms with van der Waals surface area (Å²) in [5.74, 6) is 0. The molecule has 0 spiro atoms. The number of nitrogens with zero attached hydrogens (tertiary/aromatic N) is 2. The van der Waals surface area contributed by atoms with Crippen LogP contribution in [0.3, 0.4) is 0 Å². The Balaban J connectivity index is 1.33. The first kappa shape index (κ1) is 19.5. The number of amides is 2. The highest BCUT2D eigenvalue weighted by Crippen LogP contribution is 2.34. The number of benzene rings is 2. The van der Waals surface area contributed by atoms with Crippen molar-refractivity contribution in [2.45, 2.75) is 25.1 Å². The van der Waals surface area contributed by atoms with Gasteiger partial charge in [-0.2, -0.15) is 13.2 Å². The molecule has 1 aromatic heterocycles. The first-order chi connectivity index (χ1) is 13.9. The number of carbonyl (C=O) groups is 1. The van der Waals surface area contributed by atoms with Crippen LogP contribution in [-0.4, -0.2) is 30.1 Å². The Labute approximate surface area is 169 Å². The number of para-hydroxylation sites is 2. The van der Waals surface area contributed by atoms with E-state index in [-0.39, 0.29) is 11.7 Å². The SMILES string of the molecule is O=C(Nc1ccccc1C(F)(F)F)NC1CCN(c2nc3ccccc3s2)CC1. The number of thiazole rings is 1. The molecule has 2 heterocycles. The van der Waals surface area contributed by atoms with Gasteiger partial charge >= 0.3 is 12.2 Å². The number of anilines is 2.